The maximum Gasteiger partial charge on any atom is 0.123 e. The van der Waals surface area contributed by atoms with Crippen molar-refractivity contribution < 1.29 is 4.39 Å². The van der Waals surface area contributed by atoms with E-state index in [0.717, 1.165) is 54.1 Å². The molecular formula is C24H20FN3. The minimum atomic E-state index is -0.209. The van der Waals surface area contributed by atoms with Gasteiger partial charge in [0.2, 0.25) is 0 Å². The van der Waals surface area contributed by atoms with E-state index in [1.165, 1.54) is 23.1 Å². The minimum absolute atomic E-state index is 0.209. The average Bonchev–Trinajstić information content (AvgIpc) is 3.16. The molecule has 1 aliphatic heterocycles. The highest BCUT2D eigenvalue weighted by Crippen LogP contribution is 2.31. The van der Waals surface area contributed by atoms with Crippen molar-refractivity contribution in [2.24, 2.45) is 0 Å². The molecule has 0 saturated heterocycles. The molecule has 4 heteroatoms. The molecule has 1 aliphatic rings. The fraction of sp³-hybridized carbons (Fsp3) is 0.167. The summed E-state index contributed by atoms with van der Waals surface area (Å²) < 4.78 is 13.3. The van der Waals surface area contributed by atoms with Crippen molar-refractivity contribution in [2.45, 2.75) is 19.5 Å². The molecule has 0 spiro atoms. The standard InChI is InChI=1S/C24H20FN3/c25-19-8-5-17(6-9-19)21-11-13-26-24-16-28(15-22(21)24)14-12-20-10-7-18-3-1-2-4-23(18)27-20/h1-11,13H,12,14-16H2. The lowest BCUT2D eigenvalue weighted by Crippen LogP contribution is -2.20. The third-order valence-electron chi connectivity index (χ3n) is 5.40. The van der Waals surface area contributed by atoms with Crippen molar-refractivity contribution in [3.8, 4) is 11.1 Å². The summed E-state index contributed by atoms with van der Waals surface area (Å²) in [5.41, 5.74) is 6.72. The molecule has 5 rings (SSSR count). The Balaban J connectivity index is 1.32. The van der Waals surface area contributed by atoms with Gasteiger partial charge in [-0.2, -0.15) is 0 Å². The van der Waals surface area contributed by atoms with Crippen LogP contribution in [0.4, 0.5) is 4.39 Å². The maximum absolute atomic E-state index is 13.3. The molecule has 0 fully saturated rings. The summed E-state index contributed by atoms with van der Waals surface area (Å²) in [6.45, 7) is 2.64. The Hall–Kier alpha value is -3.11. The summed E-state index contributed by atoms with van der Waals surface area (Å²) >= 11 is 0. The van der Waals surface area contributed by atoms with Gasteiger partial charge in [0.05, 0.1) is 11.2 Å². The third kappa shape index (κ3) is 3.27. The number of hydrogen-bond donors (Lipinski definition) is 0. The molecule has 0 bridgehead atoms. The van der Waals surface area contributed by atoms with Gasteiger partial charge in [-0.1, -0.05) is 36.4 Å². The van der Waals surface area contributed by atoms with Gasteiger partial charge in [0.15, 0.2) is 0 Å². The van der Waals surface area contributed by atoms with E-state index in [2.05, 4.69) is 34.1 Å². The molecule has 28 heavy (non-hydrogen) atoms. The zero-order valence-corrected chi connectivity index (χ0v) is 15.5. The number of aromatic nitrogens is 2. The van der Waals surface area contributed by atoms with E-state index < -0.39 is 0 Å². The van der Waals surface area contributed by atoms with Crippen LogP contribution in [-0.2, 0) is 19.5 Å². The van der Waals surface area contributed by atoms with Gasteiger partial charge in [-0.05, 0) is 47.0 Å². The van der Waals surface area contributed by atoms with Crippen LogP contribution in [0.3, 0.4) is 0 Å². The fourth-order valence-corrected chi connectivity index (χ4v) is 3.92. The lowest BCUT2D eigenvalue weighted by atomic mass is 10.0. The van der Waals surface area contributed by atoms with Gasteiger partial charge in [0.25, 0.3) is 0 Å². The lowest BCUT2D eigenvalue weighted by molar-refractivity contribution is 0.286. The van der Waals surface area contributed by atoms with E-state index in [0.29, 0.717) is 0 Å². The maximum atomic E-state index is 13.3. The SMILES string of the molecule is Fc1ccc(-c2ccnc3c2CN(CCc2ccc4ccccc4n2)C3)cc1. The van der Waals surface area contributed by atoms with E-state index in [4.69, 9.17) is 4.98 Å². The summed E-state index contributed by atoms with van der Waals surface area (Å²) in [4.78, 5) is 11.8. The van der Waals surface area contributed by atoms with Crippen LogP contribution in [0.1, 0.15) is 17.0 Å². The van der Waals surface area contributed by atoms with Crippen LogP contribution in [-0.4, -0.2) is 21.4 Å². The van der Waals surface area contributed by atoms with Gasteiger partial charge in [0, 0.05) is 43.3 Å². The Labute approximate surface area is 163 Å². The van der Waals surface area contributed by atoms with Gasteiger partial charge < -0.3 is 0 Å². The number of hydrogen-bond acceptors (Lipinski definition) is 3. The van der Waals surface area contributed by atoms with Gasteiger partial charge >= 0.3 is 0 Å². The molecule has 4 aromatic rings. The Kier molecular flexibility index (Phi) is 4.34. The van der Waals surface area contributed by atoms with E-state index >= 15 is 0 Å². The van der Waals surface area contributed by atoms with E-state index in [1.54, 1.807) is 0 Å². The molecule has 138 valence electrons. The van der Waals surface area contributed by atoms with Crippen LogP contribution in [0.2, 0.25) is 0 Å². The quantitative estimate of drug-likeness (QED) is 0.507. The van der Waals surface area contributed by atoms with Gasteiger partial charge in [-0.25, -0.2) is 4.39 Å². The predicted molar refractivity (Wildman–Crippen MR) is 109 cm³/mol. The molecule has 3 heterocycles. The van der Waals surface area contributed by atoms with Crippen LogP contribution >= 0.6 is 0 Å². The molecule has 2 aromatic carbocycles. The van der Waals surface area contributed by atoms with Gasteiger partial charge in [0.1, 0.15) is 5.82 Å². The van der Waals surface area contributed by atoms with Crippen molar-refractivity contribution in [3.05, 3.63) is 95.7 Å². The number of benzene rings is 2. The second kappa shape index (κ2) is 7.13. The molecule has 0 N–H and O–H groups in total. The molecule has 0 amide bonds. The second-order valence-corrected chi connectivity index (χ2v) is 7.25. The van der Waals surface area contributed by atoms with Gasteiger partial charge in [-0.3, -0.25) is 14.9 Å². The zero-order chi connectivity index (χ0) is 18.9. The molecule has 0 saturated carbocycles. The first-order chi connectivity index (χ1) is 13.8. The van der Waals surface area contributed by atoms with Crippen molar-refractivity contribution in [2.75, 3.05) is 6.54 Å². The van der Waals surface area contributed by atoms with Crippen LogP contribution in [0, 0.1) is 5.82 Å². The fourth-order valence-electron chi connectivity index (χ4n) is 3.92. The lowest BCUT2D eigenvalue weighted by Gasteiger charge is -2.14. The summed E-state index contributed by atoms with van der Waals surface area (Å²) in [5, 5.41) is 1.17. The summed E-state index contributed by atoms with van der Waals surface area (Å²) in [7, 11) is 0. The summed E-state index contributed by atoms with van der Waals surface area (Å²) in [6, 6.07) is 21.2. The zero-order valence-electron chi connectivity index (χ0n) is 15.5. The molecule has 0 unspecified atom stereocenters. The monoisotopic (exact) mass is 369 g/mol. The number of fused-ring (bicyclic) bond motifs is 2. The highest BCUT2D eigenvalue weighted by Gasteiger charge is 2.23. The Morgan fingerprint density at radius 1 is 0.893 bits per heavy atom. The minimum Gasteiger partial charge on any atom is -0.293 e. The second-order valence-electron chi connectivity index (χ2n) is 7.25. The highest BCUT2D eigenvalue weighted by molar-refractivity contribution is 5.78. The van der Waals surface area contributed by atoms with Crippen LogP contribution in [0.25, 0.3) is 22.0 Å². The van der Waals surface area contributed by atoms with Crippen molar-refractivity contribution in [1.82, 2.24) is 14.9 Å². The van der Waals surface area contributed by atoms with Crippen LogP contribution in [0.15, 0.2) is 72.9 Å². The van der Waals surface area contributed by atoms with Crippen molar-refractivity contribution in [3.63, 3.8) is 0 Å². The summed E-state index contributed by atoms with van der Waals surface area (Å²) in [5.74, 6) is -0.209. The van der Waals surface area contributed by atoms with Gasteiger partial charge in [-0.15, -0.1) is 0 Å². The largest absolute Gasteiger partial charge is 0.293 e. The Bertz CT molecular complexity index is 1140. The van der Waals surface area contributed by atoms with Crippen molar-refractivity contribution >= 4 is 10.9 Å². The highest BCUT2D eigenvalue weighted by atomic mass is 19.1. The Morgan fingerprint density at radius 3 is 2.64 bits per heavy atom. The van der Waals surface area contributed by atoms with E-state index in [1.807, 2.05) is 36.5 Å². The van der Waals surface area contributed by atoms with E-state index in [9.17, 15) is 4.39 Å². The number of pyridine rings is 2. The number of halogens is 1. The molecule has 2 aromatic heterocycles. The molecule has 0 atom stereocenters. The predicted octanol–water partition coefficient (Wildman–Crippen LogP) is 4.99. The Morgan fingerprint density at radius 2 is 1.75 bits per heavy atom. The molecule has 0 radical (unpaired) electrons. The van der Waals surface area contributed by atoms with E-state index in [-0.39, 0.29) is 5.82 Å². The first-order valence-corrected chi connectivity index (χ1v) is 9.56. The first kappa shape index (κ1) is 17.0. The van der Waals surface area contributed by atoms with Crippen molar-refractivity contribution in [1.29, 1.82) is 0 Å². The molecule has 0 aliphatic carbocycles. The molecule has 3 nitrogen and oxygen atoms in total. The van der Waals surface area contributed by atoms with Crippen LogP contribution in [0.5, 0.6) is 0 Å². The number of para-hydroxylation sites is 1. The molecular weight excluding hydrogens is 349 g/mol. The smallest absolute Gasteiger partial charge is 0.123 e. The number of rotatable bonds is 4. The third-order valence-corrected chi connectivity index (χ3v) is 5.40. The normalized spacial score (nSPS) is 13.8. The van der Waals surface area contributed by atoms with Crippen LogP contribution < -0.4 is 0 Å². The topological polar surface area (TPSA) is 29.0 Å². The summed E-state index contributed by atoms with van der Waals surface area (Å²) in [6.07, 6.45) is 2.76. The average molecular weight is 369 g/mol. The first-order valence-electron chi connectivity index (χ1n) is 9.56. The number of nitrogens with zero attached hydrogens (tertiary/aromatic N) is 3.